The maximum Gasteiger partial charge on any atom is 0.311 e. The monoisotopic (exact) mass is 264 g/mol. The minimum absolute atomic E-state index is 0.00884. The third-order valence-corrected chi connectivity index (χ3v) is 3.55. The number of phenolic OH excluding ortho intramolecular Hbond substituents is 1. The lowest BCUT2D eigenvalue weighted by Crippen LogP contribution is -2.35. The van der Waals surface area contributed by atoms with Gasteiger partial charge in [-0.1, -0.05) is 13.0 Å². The summed E-state index contributed by atoms with van der Waals surface area (Å²) in [7, 11) is 0. The van der Waals surface area contributed by atoms with Crippen LogP contribution >= 0.6 is 0 Å². The summed E-state index contributed by atoms with van der Waals surface area (Å²) in [4.78, 5) is 24.1. The molecule has 0 aliphatic carbocycles. The van der Waals surface area contributed by atoms with Crippen LogP contribution in [0.5, 0.6) is 5.75 Å². The third-order valence-electron chi connectivity index (χ3n) is 3.55. The zero-order valence-electron chi connectivity index (χ0n) is 10.7. The molecular weight excluding hydrogens is 248 g/mol. The zero-order chi connectivity index (χ0) is 14.0. The van der Waals surface area contributed by atoms with E-state index < -0.39 is 16.4 Å². The summed E-state index contributed by atoms with van der Waals surface area (Å²) < 4.78 is 0. The molecule has 1 aromatic carbocycles. The number of benzene rings is 1. The quantitative estimate of drug-likeness (QED) is 0.670. The van der Waals surface area contributed by atoms with Crippen molar-refractivity contribution in [1.82, 2.24) is 4.90 Å². The van der Waals surface area contributed by atoms with Crippen LogP contribution in [0.15, 0.2) is 18.2 Å². The average molecular weight is 264 g/mol. The fourth-order valence-electron chi connectivity index (χ4n) is 2.53. The number of hydrogen-bond donors (Lipinski definition) is 1. The van der Waals surface area contributed by atoms with Crippen molar-refractivity contribution >= 4 is 11.6 Å². The molecule has 0 radical (unpaired) electrons. The number of hydrogen-bond acceptors (Lipinski definition) is 4. The predicted molar refractivity (Wildman–Crippen MR) is 69.1 cm³/mol. The van der Waals surface area contributed by atoms with Gasteiger partial charge >= 0.3 is 5.69 Å². The lowest BCUT2D eigenvalue weighted by Gasteiger charge is -2.23. The van der Waals surface area contributed by atoms with E-state index >= 15 is 0 Å². The number of para-hydroxylation sites is 1. The van der Waals surface area contributed by atoms with Crippen LogP contribution in [0.1, 0.15) is 36.5 Å². The van der Waals surface area contributed by atoms with E-state index in [-0.39, 0.29) is 17.5 Å². The first-order valence-electron chi connectivity index (χ1n) is 6.33. The maximum absolute atomic E-state index is 12.4. The average Bonchev–Trinajstić information content (AvgIpc) is 2.86. The van der Waals surface area contributed by atoms with E-state index in [0.717, 1.165) is 19.3 Å². The van der Waals surface area contributed by atoms with E-state index in [1.54, 1.807) is 4.90 Å². The molecule has 1 heterocycles. The van der Waals surface area contributed by atoms with Crippen molar-refractivity contribution in [2.45, 2.75) is 32.2 Å². The van der Waals surface area contributed by atoms with Crippen LogP contribution in [0.4, 0.5) is 5.69 Å². The van der Waals surface area contributed by atoms with Crippen molar-refractivity contribution < 1.29 is 14.8 Å². The van der Waals surface area contributed by atoms with Gasteiger partial charge in [-0.05, 0) is 25.3 Å². The SMILES string of the molecule is CCC1CCCN1C(=O)c1cccc([N+](=O)[O-])c1O. The van der Waals surface area contributed by atoms with Crippen molar-refractivity contribution in [3.63, 3.8) is 0 Å². The van der Waals surface area contributed by atoms with Crippen LogP contribution < -0.4 is 0 Å². The van der Waals surface area contributed by atoms with E-state index in [0.29, 0.717) is 6.54 Å². The molecule has 1 aliphatic rings. The number of amides is 1. The molecule has 1 aliphatic heterocycles. The van der Waals surface area contributed by atoms with E-state index in [1.807, 2.05) is 6.92 Å². The van der Waals surface area contributed by atoms with Crippen LogP contribution in [0.25, 0.3) is 0 Å². The largest absolute Gasteiger partial charge is 0.502 e. The van der Waals surface area contributed by atoms with Crippen LogP contribution in [0.3, 0.4) is 0 Å². The summed E-state index contributed by atoms with van der Waals surface area (Å²) in [6.45, 7) is 2.64. The Labute approximate surface area is 110 Å². The number of nitro groups is 1. The summed E-state index contributed by atoms with van der Waals surface area (Å²) in [5.41, 5.74) is -0.423. The Hall–Kier alpha value is -2.11. The summed E-state index contributed by atoms with van der Waals surface area (Å²) >= 11 is 0. The summed E-state index contributed by atoms with van der Waals surface area (Å²) in [5, 5.41) is 20.6. The van der Waals surface area contributed by atoms with E-state index in [2.05, 4.69) is 0 Å². The number of rotatable bonds is 3. The van der Waals surface area contributed by atoms with Crippen molar-refractivity contribution in [1.29, 1.82) is 0 Å². The second-order valence-electron chi connectivity index (χ2n) is 4.63. The minimum atomic E-state index is -0.687. The highest BCUT2D eigenvalue weighted by molar-refractivity contribution is 5.98. The number of aromatic hydroxyl groups is 1. The minimum Gasteiger partial charge on any atom is -0.502 e. The molecule has 1 N–H and O–H groups in total. The Bertz CT molecular complexity index is 515. The number of nitrogens with zero attached hydrogens (tertiary/aromatic N) is 2. The highest BCUT2D eigenvalue weighted by Crippen LogP contribution is 2.32. The van der Waals surface area contributed by atoms with Crippen LogP contribution in [0, 0.1) is 10.1 Å². The van der Waals surface area contributed by atoms with Crippen molar-refractivity contribution in [2.75, 3.05) is 6.54 Å². The highest BCUT2D eigenvalue weighted by atomic mass is 16.6. The Kier molecular flexibility index (Phi) is 3.69. The van der Waals surface area contributed by atoms with E-state index in [4.69, 9.17) is 0 Å². The topological polar surface area (TPSA) is 83.7 Å². The molecule has 1 fully saturated rings. The molecule has 19 heavy (non-hydrogen) atoms. The van der Waals surface area contributed by atoms with Crippen LogP contribution in [-0.4, -0.2) is 33.4 Å². The molecular formula is C13H16N2O4. The normalized spacial score (nSPS) is 18.6. The van der Waals surface area contributed by atoms with Gasteiger partial charge in [-0.3, -0.25) is 14.9 Å². The Morgan fingerprint density at radius 1 is 1.58 bits per heavy atom. The standard InChI is InChI=1S/C13H16N2O4/c1-2-9-5-4-8-14(9)13(17)10-6-3-7-11(12(10)16)15(18)19/h3,6-7,9,16H,2,4-5,8H2,1H3. The first kappa shape index (κ1) is 13.3. The lowest BCUT2D eigenvalue weighted by molar-refractivity contribution is -0.385. The fraction of sp³-hybridized carbons (Fsp3) is 0.462. The Balaban J connectivity index is 2.34. The van der Waals surface area contributed by atoms with Gasteiger partial charge in [0, 0.05) is 18.7 Å². The molecule has 6 nitrogen and oxygen atoms in total. The zero-order valence-corrected chi connectivity index (χ0v) is 10.7. The molecule has 2 rings (SSSR count). The second kappa shape index (κ2) is 5.26. The fourth-order valence-corrected chi connectivity index (χ4v) is 2.53. The lowest BCUT2D eigenvalue weighted by atomic mass is 10.1. The van der Waals surface area contributed by atoms with Crippen molar-refractivity contribution in [2.24, 2.45) is 0 Å². The second-order valence-corrected chi connectivity index (χ2v) is 4.63. The van der Waals surface area contributed by atoms with Crippen molar-refractivity contribution in [3.05, 3.63) is 33.9 Å². The molecule has 1 unspecified atom stereocenters. The molecule has 1 atom stereocenters. The van der Waals surface area contributed by atoms with Crippen molar-refractivity contribution in [3.8, 4) is 5.75 Å². The molecule has 0 saturated carbocycles. The number of phenols is 1. The smallest absolute Gasteiger partial charge is 0.311 e. The first-order valence-corrected chi connectivity index (χ1v) is 6.33. The van der Waals surface area contributed by atoms with Crippen LogP contribution in [-0.2, 0) is 0 Å². The molecule has 0 aromatic heterocycles. The molecule has 0 spiro atoms. The molecule has 6 heteroatoms. The van der Waals surface area contributed by atoms with Gasteiger partial charge in [0.2, 0.25) is 5.75 Å². The van der Waals surface area contributed by atoms with Gasteiger partial charge in [0.05, 0.1) is 10.5 Å². The summed E-state index contributed by atoms with van der Waals surface area (Å²) in [6, 6.07) is 4.19. The number of likely N-dealkylation sites (tertiary alicyclic amines) is 1. The first-order chi connectivity index (χ1) is 9.06. The number of nitro benzene ring substituents is 1. The summed E-state index contributed by atoms with van der Waals surface area (Å²) in [5.74, 6) is -0.871. The molecule has 0 bridgehead atoms. The van der Waals surface area contributed by atoms with Crippen LogP contribution in [0.2, 0.25) is 0 Å². The van der Waals surface area contributed by atoms with Gasteiger partial charge in [0.25, 0.3) is 5.91 Å². The van der Waals surface area contributed by atoms with Gasteiger partial charge < -0.3 is 10.0 Å². The molecule has 1 saturated heterocycles. The molecule has 1 amide bonds. The molecule has 102 valence electrons. The predicted octanol–water partition coefficient (Wildman–Crippen LogP) is 2.32. The number of carbonyl (C=O) groups is 1. The van der Waals surface area contributed by atoms with Gasteiger partial charge in [-0.25, -0.2) is 0 Å². The van der Waals surface area contributed by atoms with Gasteiger partial charge in [-0.15, -0.1) is 0 Å². The van der Waals surface area contributed by atoms with E-state index in [9.17, 15) is 20.0 Å². The highest BCUT2D eigenvalue weighted by Gasteiger charge is 2.31. The number of carbonyl (C=O) groups excluding carboxylic acids is 1. The third kappa shape index (κ3) is 2.38. The Morgan fingerprint density at radius 3 is 2.95 bits per heavy atom. The maximum atomic E-state index is 12.4. The van der Waals surface area contributed by atoms with Gasteiger partial charge in [-0.2, -0.15) is 0 Å². The van der Waals surface area contributed by atoms with E-state index in [1.165, 1.54) is 18.2 Å². The van der Waals surface area contributed by atoms with Gasteiger partial charge in [0.15, 0.2) is 0 Å². The van der Waals surface area contributed by atoms with Gasteiger partial charge in [0.1, 0.15) is 0 Å². The summed E-state index contributed by atoms with van der Waals surface area (Å²) in [6.07, 6.45) is 2.72. The Morgan fingerprint density at radius 2 is 2.32 bits per heavy atom. The molecule has 1 aromatic rings.